The lowest BCUT2D eigenvalue weighted by molar-refractivity contribution is 0.452. The van der Waals surface area contributed by atoms with E-state index < -0.39 is 0 Å². The summed E-state index contributed by atoms with van der Waals surface area (Å²) in [7, 11) is 0. The number of anilines is 1. The lowest BCUT2D eigenvalue weighted by atomic mass is 9.85. The standard InChI is InChI=1S/C19H18N5O/c1-2-5-14-9-16(8-13(14)4-1)22-19-20-10-15(11-21-19)18-24-23-17(25-18)12-6-3-7-12/h1-2,4-5,10-11,16H,3,6-9H2,(H,20,21,22). The maximum absolute atomic E-state index is 5.73. The third-order valence-electron chi connectivity index (χ3n) is 4.97. The molecule has 125 valence electrons. The van der Waals surface area contributed by atoms with Gasteiger partial charge in [0.15, 0.2) is 0 Å². The Kier molecular flexibility index (Phi) is 3.47. The van der Waals surface area contributed by atoms with Gasteiger partial charge in [-0.2, -0.15) is 0 Å². The summed E-state index contributed by atoms with van der Waals surface area (Å²) in [6, 6.07) is 8.90. The lowest BCUT2D eigenvalue weighted by Gasteiger charge is -2.19. The van der Waals surface area contributed by atoms with E-state index in [4.69, 9.17) is 4.42 Å². The van der Waals surface area contributed by atoms with Crippen LogP contribution in [0.3, 0.4) is 0 Å². The SMILES string of the molecule is c1ccc2c(c1)CC(Nc1ncc(-c3nnc([C]4CCC4)o3)cn1)C2. The molecule has 5 rings (SSSR count). The minimum Gasteiger partial charge on any atom is -0.420 e. The first kappa shape index (κ1) is 14.6. The van der Waals surface area contributed by atoms with Crippen LogP contribution in [0.25, 0.3) is 11.5 Å². The predicted octanol–water partition coefficient (Wildman–Crippen LogP) is 3.21. The number of aromatic nitrogens is 4. The van der Waals surface area contributed by atoms with Gasteiger partial charge in [0.2, 0.25) is 11.8 Å². The summed E-state index contributed by atoms with van der Waals surface area (Å²) in [4.78, 5) is 8.83. The molecule has 25 heavy (non-hydrogen) atoms. The van der Waals surface area contributed by atoms with E-state index >= 15 is 0 Å². The van der Waals surface area contributed by atoms with Crippen LogP contribution in [0, 0.1) is 5.92 Å². The third-order valence-corrected chi connectivity index (χ3v) is 4.97. The van der Waals surface area contributed by atoms with Crippen molar-refractivity contribution in [3.8, 4) is 11.5 Å². The first-order valence-electron chi connectivity index (χ1n) is 8.69. The van der Waals surface area contributed by atoms with E-state index in [0.29, 0.717) is 23.8 Å². The quantitative estimate of drug-likeness (QED) is 0.790. The molecular formula is C19H18N5O. The molecule has 1 aromatic carbocycles. The molecule has 0 spiro atoms. The molecule has 0 aliphatic heterocycles. The molecule has 6 heteroatoms. The summed E-state index contributed by atoms with van der Waals surface area (Å²) in [6.45, 7) is 0. The molecule has 0 amide bonds. The van der Waals surface area contributed by atoms with Crippen molar-refractivity contribution in [1.82, 2.24) is 20.2 Å². The Labute approximate surface area is 145 Å². The molecule has 0 atom stereocenters. The van der Waals surface area contributed by atoms with Gasteiger partial charge < -0.3 is 9.73 Å². The summed E-state index contributed by atoms with van der Waals surface area (Å²) < 4.78 is 5.73. The molecule has 3 aromatic rings. The van der Waals surface area contributed by atoms with Gasteiger partial charge in [0.05, 0.1) is 11.5 Å². The summed E-state index contributed by atoms with van der Waals surface area (Å²) in [6.07, 6.45) is 8.82. The van der Waals surface area contributed by atoms with Gasteiger partial charge in [-0.1, -0.05) is 30.7 Å². The largest absolute Gasteiger partial charge is 0.420 e. The highest BCUT2D eigenvalue weighted by Crippen LogP contribution is 2.35. The lowest BCUT2D eigenvalue weighted by Crippen LogP contribution is -2.20. The van der Waals surface area contributed by atoms with Crippen molar-refractivity contribution in [3.63, 3.8) is 0 Å². The molecule has 2 aliphatic rings. The Morgan fingerprint density at radius 2 is 1.60 bits per heavy atom. The minimum absolute atomic E-state index is 0.341. The van der Waals surface area contributed by atoms with E-state index in [9.17, 15) is 0 Å². The molecule has 0 bridgehead atoms. The normalized spacial score (nSPS) is 17.3. The van der Waals surface area contributed by atoms with Crippen molar-refractivity contribution in [2.75, 3.05) is 5.32 Å². The van der Waals surface area contributed by atoms with Gasteiger partial charge >= 0.3 is 0 Å². The van der Waals surface area contributed by atoms with Crippen LogP contribution in [0.4, 0.5) is 5.95 Å². The van der Waals surface area contributed by atoms with E-state index in [1.165, 1.54) is 23.5 Å². The Hall–Kier alpha value is -2.76. The van der Waals surface area contributed by atoms with Crippen LogP contribution in [0.1, 0.15) is 36.3 Å². The Morgan fingerprint density at radius 1 is 0.920 bits per heavy atom. The number of fused-ring (bicyclic) bond motifs is 1. The number of benzene rings is 1. The van der Waals surface area contributed by atoms with Crippen molar-refractivity contribution in [1.29, 1.82) is 0 Å². The fourth-order valence-electron chi connectivity index (χ4n) is 3.41. The van der Waals surface area contributed by atoms with Crippen LogP contribution in [-0.2, 0) is 12.8 Å². The second-order valence-electron chi connectivity index (χ2n) is 6.68. The molecule has 2 aromatic heterocycles. The third kappa shape index (κ3) is 2.77. The minimum atomic E-state index is 0.341. The van der Waals surface area contributed by atoms with Crippen LogP contribution >= 0.6 is 0 Å². The summed E-state index contributed by atoms with van der Waals surface area (Å²) >= 11 is 0. The Morgan fingerprint density at radius 3 is 2.24 bits per heavy atom. The summed E-state index contributed by atoms with van der Waals surface area (Å²) in [5, 5.41) is 11.6. The smallest absolute Gasteiger partial charge is 0.250 e. The number of hydrogen-bond donors (Lipinski definition) is 1. The number of rotatable bonds is 4. The van der Waals surface area contributed by atoms with E-state index in [-0.39, 0.29) is 0 Å². The first-order valence-corrected chi connectivity index (χ1v) is 8.69. The van der Waals surface area contributed by atoms with E-state index in [1.807, 2.05) is 0 Å². The Balaban J connectivity index is 1.27. The second kappa shape index (κ2) is 5.95. The Bertz CT molecular complexity index is 860. The summed E-state index contributed by atoms with van der Waals surface area (Å²) in [5.74, 6) is 3.02. The maximum atomic E-state index is 5.73. The van der Waals surface area contributed by atoms with Crippen molar-refractivity contribution in [3.05, 3.63) is 59.6 Å². The molecule has 0 saturated heterocycles. The van der Waals surface area contributed by atoms with Crippen molar-refractivity contribution in [2.45, 2.75) is 38.1 Å². The molecule has 1 saturated carbocycles. The zero-order chi connectivity index (χ0) is 16.6. The maximum Gasteiger partial charge on any atom is 0.250 e. The average Bonchev–Trinajstić information content (AvgIpc) is 3.20. The van der Waals surface area contributed by atoms with Gasteiger partial charge in [-0.05, 0) is 36.8 Å². The first-order chi connectivity index (χ1) is 12.3. The molecule has 2 heterocycles. The van der Waals surface area contributed by atoms with Crippen LogP contribution < -0.4 is 5.32 Å². The van der Waals surface area contributed by atoms with Gasteiger partial charge in [-0.25, -0.2) is 9.97 Å². The molecule has 6 nitrogen and oxygen atoms in total. The van der Waals surface area contributed by atoms with Crippen LogP contribution in [0.2, 0.25) is 0 Å². The fraction of sp³-hybridized carbons (Fsp3) is 0.316. The topological polar surface area (TPSA) is 76.7 Å². The highest BCUT2D eigenvalue weighted by molar-refractivity contribution is 5.51. The van der Waals surface area contributed by atoms with Crippen molar-refractivity contribution < 1.29 is 4.42 Å². The van der Waals surface area contributed by atoms with Gasteiger partial charge in [-0.15, -0.1) is 10.2 Å². The molecule has 1 radical (unpaired) electrons. The highest BCUT2D eigenvalue weighted by atomic mass is 16.4. The van der Waals surface area contributed by atoms with Gasteiger partial charge in [0.1, 0.15) is 0 Å². The molecule has 2 aliphatic carbocycles. The number of nitrogens with one attached hydrogen (secondary N) is 1. The summed E-state index contributed by atoms with van der Waals surface area (Å²) in [5.41, 5.74) is 3.56. The molecule has 1 N–H and O–H groups in total. The van der Waals surface area contributed by atoms with Gasteiger partial charge in [0.25, 0.3) is 5.89 Å². The van der Waals surface area contributed by atoms with Crippen LogP contribution in [-0.4, -0.2) is 26.2 Å². The number of nitrogens with zero attached hydrogens (tertiary/aromatic N) is 4. The average molecular weight is 332 g/mol. The second-order valence-corrected chi connectivity index (χ2v) is 6.68. The highest BCUT2D eigenvalue weighted by Gasteiger charge is 2.26. The number of hydrogen-bond acceptors (Lipinski definition) is 6. The van der Waals surface area contributed by atoms with E-state index in [1.54, 1.807) is 12.4 Å². The van der Waals surface area contributed by atoms with Gasteiger partial charge in [0, 0.05) is 18.4 Å². The molecule has 1 fully saturated rings. The molecule has 0 unspecified atom stereocenters. The van der Waals surface area contributed by atoms with Crippen LogP contribution in [0.15, 0.2) is 41.1 Å². The predicted molar refractivity (Wildman–Crippen MR) is 92.8 cm³/mol. The zero-order valence-corrected chi connectivity index (χ0v) is 13.8. The molecular weight excluding hydrogens is 314 g/mol. The van der Waals surface area contributed by atoms with E-state index in [2.05, 4.69) is 49.7 Å². The zero-order valence-electron chi connectivity index (χ0n) is 13.8. The van der Waals surface area contributed by atoms with Gasteiger partial charge in [-0.3, -0.25) is 0 Å². The van der Waals surface area contributed by atoms with Crippen molar-refractivity contribution >= 4 is 5.95 Å². The monoisotopic (exact) mass is 332 g/mol. The van der Waals surface area contributed by atoms with Crippen LogP contribution in [0.5, 0.6) is 0 Å². The fourth-order valence-corrected chi connectivity index (χ4v) is 3.41. The van der Waals surface area contributed by atoms with Crippen molar-refractivity contribution in [2.24, 2.45) is 0 Å². The van der Waals surface area contributed by atoms with E-state index in [0.717, 1.165) is 31.2 Å².